The van der Waals surface area contributed by atoms with Gasteiger partial charge in [-0.1, -0.05) is 205 Å². The number of para-hydroxylation sites is 2. The molecule has 6 aromatic carbocycles. The van der Waals surface area contributed by atoms with Crippen molar-refractivity contribution in [1.29, 1.82) is 0 Å². The predicted molar refractivity (Wildman–Crippen MR) is 193 cm³/mol. The average molecular weight is 710 g/mol. The molecule has 0 fully saturated rings. The van der Waals surface area contributed by atoms with Crippen molar-refractivity contribution < 1.29 is 36.6 Å². The van der Waals surface area contributed by atoms with Gasteiger partial charge in [-0.2, -0.15) is 0 Å². The first kappa shape index (κ1) is 34.7. The number of ketones is 2. The van der Waals surface area contributed by atoms with Crippen molar-refractivity contribution in [3.05, 3.63) is 225 Å². The number of fused-ring (bicyclic) bond motifs is 2. The van der Waals surface area contributed by atoms with E-state index in [1.807, 2.05) is 121 Å². The number of rotatable bonds is 8. The molecule has 7 heteroatoms. The Morgan fingerprint density at radius 3 is 0.961 bits per heavy atom. The molecule has 0 N–H and O–H groups in total. The van der Waals surface area contributed by atoms with Crippen molar-refractivity contribution in [3.8, 4) is 0 Å². The van der Waals surface area contributed by atoms with Crippen LogP contribution in [0.4, 0.5) is 11.4 Å². The summed E-state index contributed by atoms with van der Waals surface area (Å²) >= 11 is 0. The van der Waals surface area contributed by atoms with Crippen LogP contribution >= 0.6 is 0 Å². The Bertz CT molecular complexity index is 2060. The zero-order valence-corrected chi connectivity index (χ0v) is 28.2. The van der Waals surface area contributed by atoms with Crippen LogP contribution in [-0.4, -0.2) is 11.6 Å². The van der Waals surface area contributed by atoms with Crippen LogP contribution in [0.25, 0.3) is 22.2 Å². The van der Waals surface area contributed by atoms with E-state index < -0.39 is 12.1 Å². The molecule has 0 saturated heterocycles. The minimum Gasteiger partial charge on any atom is -0.872 e. The normalized spacial score (nSPS) is 14.0. The summed E-state index contributed by atoms with van der Waals surface area (Å²) in [6.07, 6.45) is 0. The number of carbonyl (C=O) groups excluding carboxylic acids is 2. The van der Waals surface area contributed by atoms with Crippen LogP contribution in [0.3, 0.4) is 0 Å². The van der Waals surface area contributed by atoms with Gasteiger partial charge in [0, 0.05) is 11.1 Å². The Morgan fingerprint density at radius 1 is 0.373 bits per heavy atom. The van der Waals surface area contributed by atoms with Gasteiger partial charge in [-0.05, 0) is 22.3 Å². The number of carbonyl (C=O) groups is 2. The first-order valence-corrected chi connectivity index (χ1v) is 16.2. The summed E-state index contributed by atoms with van der Waals surface area (Å²) in [6, 6.07) is 50.5. The number of nitrogens with zero attached hydrogens (tertiary/aromatic N) is 2. The summed E-state index contributed by atoms with van der Waals surface area (Å²) in [6.45, 7) is 0. The second-order valence-corrected chi connectivity index (χ2v) is 11.8. The largest absolute Gasteiger partial charge is 2.00 e. The first-order chi connectivity index (χ1) is 24.5. The Kier molecular flexibility index (Phi) is 10.6. The minimum absolute atomic E-state index is 0. The molecule has 1 radical (unpaired) electrons. The second-order valence-electron chi connectivity index (χ2n) is 11.8. The molecule has 2 unspecified atom stereocenters. The van der Waals surface area contributed by atoms with E-state index in [1.54, 1.807) is 48.5 Å². The molecular formula is C44H30CoN2O4-2. The summed E-state index contributed by atoms with van der Waals surface area (Å²) in [4.78, 5) is 25.8. The van der Waals surface area contributed by atoms with E-state index in [1.165, 1.54) is 0 Å². The minimum atomic E-state index is -0.615. The first-order valence-electron chi connectivity index (χ1n) is 16.2. The van der Waals surface area contributed by atoms with E-state index in [0.29, 0.717) is 22.3 Å². The summed E-state index contributed by atoms with van der Waals surface area (Å²) in [5.74, 6) is -0.911. The molecule has 2 aliphatic carbocycles. The third-order valence-corrected chi connectivity index (χ3v) is 8.66. The number of Topliss-reactive ketones (excluding diaryl/α,β-unsaturated/α-hetero) is 2. The summed E-state index contributed by atoms with van der Waals surface area (Å²) in [5, 5.41) is 35.2. The Hall–Kier alpha value is -6.15. The van der Waals surface area contributed by atoms with Gasteiger partial charge in [-0.15, -0.1) is 11.4 Å². The molecule has 8 rings (SSSR count). The Morgan fingerprint density at radius 2 is 0.647 bits per heavy atom. The van der Waals surface area contributed by atoms with Gasteiger partial charge in [0.05, 0.1) is 0 Å². The fourth-order valence-corrected chi connectivity index (χ4v) is 6.25. The van der Waals surface area contributed by atoms with E-state index in [0.717, 1.165) is 22.5 Å². The molecule has 0 bridgehead atoms. The third kappa shape index (κ3) is 7.12. The van der Waals surface area contributed by atoms with Crippen LogP contribution in [0.2, 0.25) is 0 Å². The molecule has 0 amide bonds. The third-order valence-electron chi connectivity index (χ3n) is 8.66. The Balaban J connectivity index is 0.000000172. The van der Waals surface area contributed by atoms with Crippen molar-refractivity contribution in [1.82, 2.24) is 0 Å². The number of hydrogen-bond acceptors (Lipinski definition) is 4. The van der Waals surface area contributed by atoms with Crippen molar-refractivity contribution >= 4 is 34.5 Å². The van der Waals surface area contributed by atoms with E-state index in [4.69, 9.17) is 10.6 Å². The molecule has 2 aliphatic rings. The molecule has 0 saturated carbocycles. The van der Waals surface area contributed by atoms with Gasteiger partial charge >= 0.3 is 16.8 Å². The van der Waals surface area contributed by atoms with Gasteiger partial charge in [0.25, 0.3) is 0 Å². The van der Waals surface area contributed by atoms with E-state index in [9.17, 15) is 19.8 Å². The van der Waals surface area contributed by atoms with Gasteiger partial charge in [0.15, 0.2) is 11.6 Å². The van der Waals surface area contributed by atoms with E-state index in [-0.39, 0.29) is 51.0 Å². The van der Waals surface area contributed by atoms with Gasteiger partial charge in [0.2, 0.25) is 0 Å². The standard InChI is InChI=1S/2C22H16NO2.Co/c2*24-21-17-13-7-8-14-18(17)22(25)19(21)20(15-9-3-1-4-10-15)23-16-11-5-2-6-12-16;/h2*1-14,20H,(H,24,25);/q2*-1;+2/p-2. The van der Waals surface area contributed by atoms with Gasteiger partial charge < -0.3 is 20.8 Å². The molecule has 0 spiro atoms. The summed E-state index contributed by atoms with van der Waals surface area (Å²) < 4.78 is 0. The van der Waals surface area contributed by atoms with Crippen molar-refractivity contribution in [2.24, 2.45) is 0 Å². The van der Waals surface area contributed by atoms with Crippen molar-refractivity contribution in [2.45, 2.75) is 12.1 Å². The molecule has 0 aromatic heterocycles. The van der Waals surface area contributed by atoms with Crippen LogP contribution in [0, 0.1) is 0 Å². The predicted octanol–water partition coefficient (Wildman–Crippen LogP) is 8.80. The van der Waals surface area contributed by atoms with Gasteiger partial charge in [-0.25, -0.2) is 0 Å². The van der Waals surface area contributed by atoms with E-state index in [2.05, 4.69) is 0 Å². The summed E-state index contributed by atoms with van der Waals surface area (Å²) in [5.41, 5.74) is 5.43. The Labute approximate surface area is 307 Å². The van der Waals surface area contributed by atoms with Crippen molar-refractivity contribution in [2.75, 3.05) is 0 Å². The maximum atomic E-state index is 12.9. The molecule has 251 valence electrons. The zero-order valence-electron chi connectivity index (χ0n) is 27.2. The van der Waals surface area contributed by atoms with Crippen LogP contribution < -0.4 is 10.2 Å². The molecule has 6 nitrogen and oxygen atoms in total. The van der Waals surface area contributed by atoms with Gasteiger partial charge in [0.1, 0.15) is 0 Å². The van der Waals surface area contributed by atoms with Crippen LogP contribution in [0.1, 0.15) is 55.1 Å². The van der Waals surface area contributed by atoms with E-state index >= 15 is 0 Å². The maximum absolute atomic E-state index is 12.9. The number of hydrogen-bond donors (Lipinski definition) is 0. The summed E-state index contributed by atoms with van der Waals surface area (Å²) in [7, 11) is 0. The number of benzene rings is 6. The fraction of sp³-hybridized carbons (Fsp3) is 0.0455. The molecular weight excluding hydrogens is 679 g/mol. The fourth-order valence-electron chi connectivity index (χ4n) is 6.25. The second kappa shape index (κ2) is 15.6. The maximum Gasteiger partial charge on any atom is 2.00 e. The quantitative estimate of drug-likeness (QED) is 0.157. The topological polar surface area (TPSA) is 108 Å². The van der Waals surface area contributed by atoms with Gasteiger partial charge in [-0.3, -0.25) is 9.59 Å². The van der Waals surface area contributed by atoms with Crippen LogP contribution in [-0.2, 0) is 16.8 Å². The molecule has 0 heterocycles. The SMILES string of the molecule is O=C1C(C([N-]c2ccccc2)c2ccccc2)=C([O-])c2ccccc21.O=C1C(C([N-]c2ccccc2)c2ccccc2)=C([O-])c2ccccc21.[Co+2]. The average Bonchev–Trinajstić information content (AvgIpc) is 3.58. The molecule has 6 aromatic rings. The van der Waals surface area contributed by atoms with Crippen molar-refractivity contribution in [3.63, 3.8) is 0 Å². The molecule has 51 heavy (non-hydrogen) atoms. The molecule has 2 atom stereocenters. The molecule has 0 aliphatic heterocycles. The van der Waals surface area contributed by atoms with Crippen LogP contribution in [0.15, 0.2) is 181 Å². The zero-order chi connectivity index (χ0) is 34.5. The smallest absolute Gasteiger partial charge is 0.872 e. The monoisotopic (exact) mass is 709 g/mol. The van der Waals surface area contributed by atoms with Crippen LogP contribution in [0.5, 0.6) is 0 Å².